The third kappa shape index (κ3) is 5.71. The van der Waals surface area contributed by atoms with E-state index in [0.717, 1.165) is 19.3 Å². The Hall–Kier alpha value is -3.08. The molecule has 0 atom stereocenters. The van der Waals surface area contributed by atoms with Gasteiger partial charge in [-0.05, 0) is 25.0 Å². The van der Waals surface area contributed by atoms with Crippen molar-refractivity contribution < 1.29 is 23.9 Å². The van der Waals surface area contributed by atoms with Crippen LogP contribution >= 0.6 is 0 Å². The zero-order valence-electron chi connectivity index (χ0n) is 15.2. The molecule has 1 aliphatic carbocycles. The van der Waals surface area contributed by atoms with Crippen molar-refractivity contribution in [1.29, 1.82) is 5.26 Å². The summed E-state index contributed by atoms with van der Waals surface area (Å²) in [5, 5.41) is 14.4. The maximum absolute atomic E-state index is 12.1. The first-order chi connectivity index (χ1) is 13.0. The second-order valence-corrected chi connectivity index (χ2v) is 6.35. The zero-order chi connectivity index (χ0) is 19.7. The lowest BCUT2D eigenvalue weighted by atomic mass is 9.83. The number of carbonyl (C=O) groups is 3. The monoisotopic (exact) mass is 373 g/mol. The van der Waals surface area contributed by atoms with E-state index in [2.05, 4.69) is 16.7 Å². The number of amides is 2. The molecule has 0 bridgehead atoms. The molecule has 8 heteroatoms. The largest absolute Gasteiger partial charge is 0.496 e. The van der Waals surface area contributed by atoms with Crippen LogP contribution in [0.25, 0.3) is 0 Å². The first kappa shape index (κ1) is 20.2. The van der Waals surface area contributed by atoms with Gasteiger partial charge in [-0.25, -0.2) is 0 Å². The van der Waals surface area contributed by atoms with Gasteiger partial charge in [0.15, 0.2) is 6.61 Å². The molecule has 0 heterocycles. The van der Waals surface area contributed by atoms with E-state index in [0.29, 0.717) is 24.2 Å². The Morgan fingerprint density at radius 2 is 1.89 bits per heavy atom. The summed E-state index contributed by atoms with van der Waals surface area (Å²) in [6, 6.07) is 8.77. The summed E-state index contributed by atoms with van der Waals surface area (Å²) in [6.45, 7) is -0.875. The van der Waals surface area contributed by atoms with Crippen molar-refractivity contribution in [1.82, 2.24) is 10.6 Å². The number of hydrogen-bond acceptors (Lipinski definition) is 6. The Morgan fingerprint density at radius 3 is 2.56 bits per heavy atom. The summed E-state index contributed by atoms with van der Waals surface area (Å²) in [7, 11) is 1.44. The van der Waals surface area contributed by atoms with Crippen LogP contribution in [0.15, 0.2) is 24.3 Å². The van der Waals surface area contributed by atoms with Crippen LogP contribution in [0.5, 0.6) is 5.75 Å². The van der Waals surface area contributed by atoms with E-state index in [9.17, 15) is 19.6 Å². The highest BCUT2D eigenvalue weighted by Gasteiger charge is 2.33. The zero-order valence-corrected chi connectivity index (χ0v) is 15.2. The first-order valence-corrected chi connectivity index (χ1v) is 8.79. The van der Waals surface area contributed by atoms with Crippen molar-refractivity contribution in [3.63, 3.8) is 0 Å². The minimum absolute atomic E-state index is 0.291. The quantitative estimate of drug-likeness (QED) is 0.696. The molecule has 1 saturated carbocycles. The molecule has 8 nitrogen and oxygen atoms in total. The maximum atomic E-state index is 12.1. The van der Waals surface area contributed by atoms with Gasteiger partial charge in [-0.3, -0.25) is 14.4 Å². The number of benzene rings is 1. The number of para-hydroxylation sites is 1. The lowest BCUT2D eigenvalue weighted by Crippen LogP contribution is -2.50. The molecule has 2 amide bonds. The number of methoxy groups -OCH3 is 1. The molecular weight excluding hydrogens is 350 g/mol. The molecule has 0 aliphatic heterocycles. The van der Waals surface area contributed by atoms with E-state index in [1.807, 2.05) is 0 Å². The first-order valence-electron chi connectivity index (χ1n) is 8.79. The fourth-order valence-corrected chi connectivity index (χ4v) is 3.00. The summed E-state index contributed by atoms with van der Waals surface area (Å²) in [6.07, 6.45) is 3.99. The van der Waals surface area contributed by atoms with Gasteiger partial charge in [0.2, 0.25) is 0 Å². The fraction of sp³-hybridized carbons (Fsp3) is 0.474. The molecule has 27 heavy (non-hydrogen) atoms. The summed E-state index contributed by atoms with van der Waals surface area (Å²) in [5.74, 6) is -1.37. The smallest absolute Gasteiger partial charge is 0.325 e. The van der Waals surface area contributed by atoms with Gasteiger partial charge in [-0.1, -0.05) is 31.4 Å². The Bertz CT molecular complexity index is 735. The topological polar surface area (TPSA) is 118 Å². The molecule has 0 radical (unpaired) electrons. The molecular formula is C19H23N3O5. The average Bonchev–Trinajstić information content (AvgIpc) is 2.71. The second-order valence-electron chi connectivity index (χ2n) is 6.35. The third-order valence-electron chi connectivity index (χ3n) is 4.41. The number of rotatable bonds is 7. The highest BCUT2D eigenvalue weighted by Crippen LogP contribution is 2.27. The summed E-state index contributed by atoms with van der Waals surface area (Å²) >= 11 is 0. The number of carbonyl (C=O) groups excluding carboxylic acids is 3. The molecule has 1 aliphatic rings. The van der Waals surface area contributed by atoms with Crippen LogP contribution < -0.4 is 15.4 Å². The van der Waals surface area contributed by atoms with Crippen molar-refractivity contribution in [3.05, 3.63) is 29.8 Å². The van der Waals surface area contributed by atoms with Gasteiger partial charge in [-0.2, -0.15) is 5.26 Å². The SMILES string of the molecule is COc1ccccc1C(=O)NCC(=O)OCC(=O)NC1(C#N)CCCCC1. The molecule has 0 aromatic heterocycles. The Labute approximate surface area is 157 Å². The predicted octanol–water partition coefficient (Wildman–Crippen LogP) is 1.31. The normalized spacial score (nSPS) is 15.1. The summed E-state index contributed by atoms with van der Waals surface area (Å²) < 4.78 is 9.96. The molecule has 1 aromatic carbocycles. The van der Waals surface area contributed by atoms with Gasteiger partial charge in [0, 0.05) is 0 Å². The highest BCUT2D eigenvalue weighted by molar-refractivity contribution is 5.98. The minimum atomic E-state index is -0.875. The summed E-state index contributed by atoms with van der Waals surface area (Å²) in [5.41, 5.74) is -0.585. The van der Waals surface area contributed by atoms with Gasteiger partial charge in [-0.15, -0.1) is 0 Å². The highest BCUT2D eigenvalue weighted by atomic mass is 16.5. The van der Waals surface area contributed by atoms with Crippen LogP contribution in [0.1, 0.15) is 42.5 Å². The lowest BCUT2D eigenvalue weighted by Gasteiger charge is -2.31. The third-order valence-corrected chi connectivity index (χ3v) is 4.41. The molecule has 2 N–H and O–H groups in total. The van der Waals surface area contributed by atoms with Gasteiger partial charge < -0.3 is 20.1 Å². The standard InChI is InChI=1S/C19H23N3O5/c1-26-15-8-4-3-7-14(15)18(25)21-11-17(24)27-12-16(23)22-19(13-20)9-5-2-6-10-19/h3-4,7-8H,2,5-6,9-12H2,1H3,(H,21,25)(H,22,23). The molecule has 1 aromatic rings. The number of nitrogens with one attached hydrogen (secondary N) is 2. The molecule has 0 saturated heterocycles. The van der Waals surface area contributed by atoms with Crippen molar-refractivity contribution in [2.75, 3.05) is 20.3 Å². The summed E-state index contributed by atoms with van der Waals surface area (Å²) in [4.78, 5) is 35.8. The van der Waals surface area contributed by atoms with Gasteiger partial charge in [0.25, 0.3) is 11.8 Å². The maximum Gasteiger partial charge on any atom is 0.325 e. The second kappa shape index (κ2) is 9.57. The molecule has 2 rings (SSSR count). The molecule has 144 valence electrons. The van der Waals surface area contributed by atoms with E-state index in [4.69, 9.17) is 9.47 Å². The van der Waals surface area contributed by atoms with Crippen molar-refractivity contribution >= 4 is 17.8 Å². The van der Waals surface area contributed by atoms with E-state index in [-0.39, 0.29) is 6.54 Å². The Balaban J connectivity index is 1.76. The van der Waals surface area contributed by atoms with Crippen molar-refractivity contribution in [2.45, 2.75) is 37.6 Å². The van der Waals surface area contributed by atoms with E-state index in [1.54, 1.807) is 24.3 Å². The van der Waals surface area contributed by atoms with Crippen LogP contribution in [0, 0.1) is 11.3 Å². The van der Waals surface area contributed by atoms with Crippen molar-refractivity contribution in [2.24, 2.45) is 0 Å². The van der Waals surface area contributed by atoms with Gasteiger partial charge >= 0.3 is 5.97 Å². The van der Waals surface area contributed by atoms with Crippen LogP contribution in [-0.4, -0.2) is 43.6 Å². The van der Waals surface area contributed by atoms with Crippen LogP contribution in [-0.2, 0) is 14.3 Å². The molecule has 1 fully saturated rings. The van der Waals surface area contributed by atoms with Gasteiger partial charge in [0.1, 0.15) is 17.8 Å². The van der Waals surface area contributed by atoms with Crippen LogP contribution in [0.3, 0.4) is 0 Å². The van der Waals surface area contributed by atoms with E-state index >= 15 is 0 Å². The molecule has 0 spiro atoms. The van der Waals surface area contributed by atoms with Crippen LogP contribution in [0.4, 0.5) is 0 Å². The number of esters is 1. The lowest BCUT2D eigenvalue weighted by molar-refractivity contribution is -0.148. The number of nitriles is 1. The molecule has 0 unspecified atom stereocenters. The minimum Gasteiger partial charge on any atom is -0.496 e. The van der Waals surface area contributed by atoms with Crippen molar-refractivity contribution in [3.8, 4) is 11.8 Å². The fourth-order valence-electron chi connectivity index (χ4n) is 3.00. The number of hydrogen-bond donors (Lipinski definition) is 2. The van der Waals surface area contributed by atoms with E-state index < -0.39 is 29.9 Å². The Morgan fingerprint density at radius 1 is 1.19 bits per heavy atom. The predicted molar refractivity (Wildman–Crippen MR) is 95.9 cm³/mol. The number of ether oxygens (including phenoxy) is 2. The van der Waals surface area contributed by atoms with Gasteiger partial charge in [0.05, 0.1) is 18.7 Å². The average molecular weight is 373 g/mol. The van der Waals surface area contributed by atoms with E-state index in [1.165, 1.54) is 7.11 Å². The Kier molecular flexibility index (Phi) is 7.17. The number of nitrogens with zero attached hydrogens (tertiary/aromatic N) is 1. The van der Waals surface area contributed by atoms with Crippen LogP contribution in [0.2, 0.25) is 0 Å².